The van der Waals surface area contributed by atoms with Crippen LogP contribution in [0.25, 0.3) is 0 Å². The molecule has 1 saturated carbocycles. The highest BCUT2D eigenvalue weighted by molar-refractivity contribution is 7.10. The third kappa shape index (κ3) is 3.22. The number of rotatable bonds is 5. The van der Waals surface area contributed by atoms with Gasteiger partial charge in [0.15, 0.2) is 0 Å². The standard InChI is InChI=1S/C16H26ClNOS/c1-5-18-14(13-12(17)6-11-20-13)16(19-4)9-7-15(2,3)8-10-16/h6,11,14,18H,5,7-10H2,1-4H3. The van der Waals surface area contributed by atoms with Crippen LogP contribution in [0.1, 0.15) is 57.4 Å². The molecule has 20 heavy (non-hydrogen) atoms. The molecule has 1 aromatic rings. The van der Waals surface area contributed by atoms with E-state index >= 15 is 0 Å². The number of likely N-dealkylation sites (N-methyl/N-ethyl adjacent to an activating group) is 1. The van der Waals surface area contributed by atoms with Gasteiger partial charge in [-0.3, -0.25) is 0 Å². The highest BCUT2D eigenvalue weighted by Crippen LogP contribution is 2.49. The highest BCUT2D eigenvalue weighted by atomic mass is 35.5. The van der Waals surface area contributed by atoms with Gasteiger partial charge in [0.25, 0.3) is 0 Å². The maximum Gasteiger partial charge on any atom is 0.0881 e. The van der Waals surface area contributed by atoms with Crippen LogP contribution in [0.5, 0.6) is 0 Å². The van der Waals surface area contributed by atoms with Gasteiger partial charge in [0.1, 0.15) is 0 Å². The molecule has 1 fully saturated rings. The molecule has 1 N–H and O–H groups in total. The summed E-state index contributed by atoms with van der Waals surface area (Å²) >= 11 is 8.11. The Morgan fingerprint density at radius 3 is 2.45 bits per heavy atom. The fourth-order valence-electron chi connectivity index (χ4n) is 3.19. The highest BCUT2D eigenvalue weighted by Gasteiger charge is 2.45. The van der Waals surface area contributed by atoms with Crippen molar-refractivity contribution in [3.05, 3.63) is 21.3 Å². The molecule has 0 aromatic carbocycles. The molecule has 0 aliphatic heterocycles. The molecule has 4 heteroatoms. The van der Waals surface area contributed by atoms with Gasteiger partial charge in [-0.1, -0.05) is 32.4 Å². The lowest BCUT2D eigenvalue weighted by atomic mass is 9.68. The van der Waals surface area contributed by atoms with Crippen molar-refractivity contribution in [2.75, 3.05) is 13.7 Å². The van der Waals surface area contributed by atoms with E-state index in [1.807, 2.05) is 13.2 Å². The number of methoxy groups -OCH3 is 1. The van der Waals surface area contributed by atoms with Crippen LogP contribution in [0.15, 0.2) is 11.4 Å². The van der Waals surface area contributed by atoms with Crippen LogP contribution < -0.4 is 5.32 Å². The zero-order chi connectivity index (χ0) is 14.8. The summed E-state index contributed by atoms with van der Waals surface area (Å²) in [6.07, 6.45) is 4.57. The van der Waals surface area contributed by atoms with Crippen LogP contribution in [-0.4, -0.2) is 19.3 Å². The minimum absolute atomic E-state index is 0.125. The lowest BCUT2D eigenvalue weighted by Gasteiger charge is -2.47. The average molecular weight is 316 g/mol. The molecule has 2 nitrogen and oxygen atoms in total. The lowest BCUT2D eigenvalue weighted by Crippen LogP contribution is -2.49. The van der Waals surface area contributed by atoms with Crippen LogP contribution >= 0.6 is 22.9 Å². The number of hydrogen-bond acceptors (Lipinski definition) is 3. The third-order valence-electron chi connectivity index (χ3n) is 4.70. The van der Waals surface area contributed by atoms with E-state index in [9.17, 15) is 0 Å². The number of thiophene rings is 1. The molecule has 114 valence electrons. The first kappa shape index (κ1) is 16.3. The van der Waals surface area contributed by atoms with Crippen molar-refractivity contribution in [1.29, 1.82) is 0 Å². The molecule has 0 amide bonds. The van der Waals surface area contributed by atoms with Gasteiger partial charge in [-0.25, -0.2) is 0 Å². The van der Waals surface area contributed by atoms with Crippen molar-refractivity contribution >= 4 is 22.9 Å². The van der Waals surface area contributed by atoms with Gasteiger partial charge in [0.2, 0.25) is 0 Å². The molecule has 1 aliphatic rings. The normalized spacial score (nSPS) is 22.6. The van der Waals surface area contributed by atoms with Crippen molar-refractivity contribution in [2.45, 2.75) is 58.1 Å². The van der Waals surface area contributed by atoms with Crippen molar-refractivity contribution in [3.63, 3.8) is 0 Å². The van der Waals surface area contributed by atoms with Crippen molar-refractivity contribution in [3.8, 4) is 0 Å². The molecule has 1 heterocycles. The van der Waals surface area contributed by atoms with Crippen molar-refractivity contribution < 1.29 is 4.74 Å². The molecule has 1 atom stereocenters. The smallest absolute Gasteiger partial charge is 0.0881 e. The van der Waals surface area contributed by atoms with Crippen molar-refractivity contribution in [2.24, 2.45) is 5.41 Å². The zero-order valence-electron chi connectivity index (χ0n) is 13.0. The monoisotopic (exact) mass is 315 g/mol. The van der Waals surface area contributed by atoms with Crippen LogP contribution in [0.4, 0.5) is 0 Å². The summed E-state index contributed by atoms with van der Waals surface area (Å²) < 4.78 is 6.05. The Morgan fingerprint density at radius 1 is 1.35 bits per heavy atom. The maximum absolute atomic E-state index is 6.38. The predicted octanol–water partition coefficient (Wildman–Crippen LogP) is 5.04. The van der Waals surface area contributed by atoms with Gasteiger partial charge in [0, 0.05) is 12.0 Å². The van der Waals surface area contributed by atoms with E-state index in [0.29, 0.717) is 5.41 Å². The first-order valence-corrected chi connectivity index (χ1v) is 8.71. The Labute approximate surface area is 131 Å². The van der Waals surface area contributed by atoms with Crippen molar-refractivity contribution in [1.82, 2.24) is 5.32 Å². The molecule has 0 radical (unpaired) electrons. The van der Waals surface area contributed by atoms with Gasteiger partial charge >= 0.3 is 0 Å². The first-order chi connectivity index (χ1) is 9.44. The summed E-state index contributed by atoms with van der Waals surface area (Å²) in [4.78, 5) is 1.22. The number of nitrogens with one attached hydrogen (secondary N) is 1. The predicted molar refractivity (Wildman–Crippen MR) is 87.7 cm³/mol. The van der Waals surface area contributed by atoms with Gasteiger partial charge in [-0.05, 0) is 49.1 Å². The van der Waals surface area contributed by atoms with E-state index in [2.05, 4.69) is 31.5 Å². The fourth-order valence-corrected chi connectivity index (χ4v) is 4.54. The molecular formula is C16H26ClNOS. The quantitative estimate of drug-likeness (QED) is 0.822. The van der Waals surface area contributed by atoms with E-state index in [4.69, 9.17) is 16.3 Å². The van der Waals surface area contributed by atoms with E-state index in [0.717, 1.165) is 24.4 Å². The van der Waals surface area contributed by atoms with E-state index in [1.54, 1.807) is 11.3 Å². The maximum atomic E-state index is 6.38. The Balaban J connectivity index is 2.29. The summed E-state index contributed by atoms with van der Waals surface area (Å²) in [5.74, 6) is 0. The number of halogens is 1. The second kappa shape index (κ2) is 6.35. The number of hydrogen-bond donors (Lipinski definition) is 1. The molecule has 0 bridgehead atoms. The summed E-state index contributed by atoms with van der Waals surface area (Å²) in [6.45, 7) is 7.78. The number of ether oxygens (including phenoxy) is 1. The average Bonchev–Trinajstić information content (AvgIpc) is 2.83. The molecule has 0 saturated heterocycles. The Bertz CT molecular complexity index is 433. The minimum atomic E-state index is -0.125. The molecule has 2 rings (SSSR count). The van der Waals surface area contributed by atoms with Gasteiger partial charge < -0.3 is 10.1 Å². The Hall–Kier alpha value is -0.0900. The van der Waals surface area contributed by atoms with Gasteiger partial charge in [-0.15, -0.1) is 11.3 Å². The van der Waals surface area contributed by atoms with Crippen LogP contribution in [-0.2, 0) is 4.74 Å². The summed E-state index contributed by atoms with van der Waals surface area (Å²) in [5.41, 5.74) is 0.304. The first-order valence-electron chi connectivity index (χ1n) is 7.45. The lowest BCUT2D eigenvalue weighted by molar-refractivity contribution is -0.0865. The molecule has 1 unspecified atom stereocenters. The largest absolute Gasteiger partial charge is 0.376 e. The van der Waals surface area contributed by atoms with Gasteiger partial charge in [-0.2, -0.15) is 0 Å². The second-order valence-electron chi connectivity index (χ2n) is 6.56. The molecule has 1 aliphatic carbocycles. The third-order valence-corrected chi connectivity index (χ3v) is 6.12. The molecule has 0 spiro atoms. The molecule has 1 aromatic heterocycles. The van der Waals surface area contributed by atoms with E-state index in [-0.39, 0.29) is 11.6 Å². The van der Waals surface area contributed by atoms with Crippen LogP contribution in [0.3, 0.4) is 0 Å². The van der Waals surface area contributed by atoms with Gasteiger partial charge in [0.05, 0.1) is 16.7 Å². The summed E-state index contributed by atoms with van der Waals surface area (Å²) in [7, 11) is 1.85. The van der Waals surface area contributed by atoms with Crippen LogP contribution in [0.2, 0.25) is 5.02 Å². The summed E-state index contributed by atoms with van der Waals surface area (Å²) in [5, 5.41) is 6.55. The molecular weight excluding hydrogens is 290 g/mol. The SMILES string of the molecule is CCNC(c1sccc1Cl)C1(OC)CCC(C)(C)CC1. The topological polar surface area (TPSA) is 21.3 Å². The zero-order valence-corrected chi connectivity index (χ0v) is 14.5. The summed E-state index contributed by atoms with van der Waals surface area (Å²) in [6, 6.07) is 2.18. The fraction of sp³-hybridized carbons (Fsp3) is 0.750. The second-order valence-corrected chi connectivity index (χ2v) is 7.91. The van der Waals surface area contributed by atoms with Crippen LogP contribution in [0, 0.1) is 5.41 Å². The van der Waals surface area contributed by atoms with E-state index in [1.165, 1.54) is 17.7 Å². The minimum Gasteiger partial charge on any atom is -0.376 e. The van der Waals surface area contributed by atoms with E-state index < -0.39 is 0 Å². The Kier molecular flexibility index (Phi) is 5.17. The Morgan fingerprint density at radius 2 is 2.00 bits per heavy atom.